The molecule has 0 aromatic carbocycles. The summed E-state index contributed by atoms with van der Waals surface area (Å²) < 4.78 is 0. The van der Waals surface area contributed by atoms with E-state index in [0.29, 0.717) is 42.4 Å². The van der Waals surface area contributed by atoms with E-state index < -0.39 is 30.5 Å². The third-order valence-electron chi connectivity index (χ3n) is 11.9. The highest BCUT2D eigenvalue weighted by Crippen LogP contribution is 2.68. The summed E-state index contributed by atoms with van der Waals surface area (Å²) in [6.45, 7) is 13.0. The van der Waals surface area contributed by atoms with Crippen molar-refractivity contribution < 1.29 is 25.5 Å². The van der Waals surface area contributed by atoms with E-state index in [9.17, 15) is 25.5 Å². The molecule has 4 fully saturated rings. The summed E-state index contributed by atoms with van der Waals surface area (Å²) in [7, 11) is 0. The zero-order chi connectivity index (χ0) is 24.5. The molecule has 0 saturated heterocycles. The van der Waals surface area contributed by atoms with Crippen molar-refractivity contribution in [3.8, 4) is 0 Å². The molecule has 0 spiro atoms. The first-order valence-corrected chi connectivity index (χ1v) is 13.7. The van der Waals surface area contributed by atoms with Gasteiger partial charge in [0.15, 0.2) is 0 Å². The second-order valence-corrected chi connectivity index (χ2v) is 13.5. The van der Waals surface area contributed by atoms with Crippen LogP contribution in [0.25, 0.3) is 0 Å². The lowest BCUT2D eigenvalue weighted by Crippen LogP contribution is -2.60. The Labute approximate surface area is 201 Å². The summed E-state index contributed by atoms with van der Waals surface area (Å²) in [5.74, 6) is 2.25. The third kappa shape index (κ3) is 4.02. The molecule has 4 saturated carbocycles. The molecule has 0 aliphatic heterocycles. The summed E-state index contributed by atoms with van der Waals surface area (Å²) in [5, 5.41) is 54.0. The van der Waals surface area contributed by atoms with Gasteiger partial charge in [0.1, 0.15) is 0 Å². The van der Waals surface area contributed by atoms with Crippen molar-refractivity contribution in [2.75, 3.05) is 0 Å². The fourth-order valence-electron chi connectivity index (χ4n) is 9.48. The van der Waals surface area contributed by atoms with Crippen molar-refractivity contribution in [1.29, 1.82) is 0 Å². The van der Waals surface area contributed by atoms with Crippen molar-refractivity contribution in [3.05, 3.63) is 0 Å². The van der Waals surface area contributed by atoms with E-state index in [0.717, 1.165) is 32.1 Å². The van der Waals surface area contributed by atoms with Crippen LogP contribution in [0.4, 0.5) is 0 Å². The Morgan fingerprint density at radius 2 is 1.33 bits per heavy atom. The Hall–Kier alpha value is -0.200. The van der Waals surface area contributed by atoms with E-state index in [4.69, 9.17) is 0 Å². The molecule has 5 nitrogen and oxygen atoms in total. The molecule has 14 atom stereocenters. The number of aliphatic hydroxyl groups excluding tert-OH is 5. The van der Waals surface area contributed by atoms with E-state index >= 15 is 0 Å². The molecule has 5 heteroatoms. The van der Waals surface area contributed by atoms with Gasteiger partial charge in [-0.3, -0.25) is 0 Å². The van der Waals surface area contributed by atoms with E-state index in [1.54, 1.807) is 0 Å². The topological polar surface area (TPSA) is 101 Å². The van der Waals surface area contributed by atoms with Gasteiger partial charge in [-0.25, -0.2) is 0 Å². The summed E-state index contributed by atoms with van der Waals surface area (Å²) in [4.78, 5) is 0. The summed E-state index contributed by atoms with van der Waals surface area (Å²) >= 11 is 0. The summed E-state index contributed by atoms with van der Waals surface area (Å²) in [6, 6.07) is 0. The highest BCUT2D eigenvalue weighted by Gasteiger charge is 2.63. The zero-order valence-electron chi connectivity index (χ0n) is 21.7. The van der Waals surface area contributed by atoms with Crippen LogP contribution >= 0.6 is 0 Å². The maximum absolute atomic E-state index is 11.2. The zero-order valence-corrected chi connectivity index (χ0v) is 21.7. The van der Waals surface area contributed by atoms with E-state index in [2.05, 4.69) is 34.6 Å². The minimum Gasteiger partial charge on any atom is -0.393 e. The van der Waals surface area contributed by atoms with Crippen molar-refractivity contribution in [3.63, 3.8) is 0 Å². The molecule has 5 N–H and O–H groups in total. The van der Waals surface area contributed by atoms with Gasteiger partial charge >= 0.3 is 0 Å². The predicted molar refractivity (Wildman–Crippen MR) is 129 cm³/mol. The smallest absolute Gasteiger partial charge is 0.0830 e. The lowest BCUT2D eigenvalue weighted by atomic mass is 9.43. The van der Waals surface area contributed by atoms with Gasteiger partial charge in [-0.1, -0.05) is 41.5 Å². The third-order valence-corrected chi connectivity index (χ3v) is 11.9. The van der Waals surface area contributed by atoms with Crippen LogP contribution < -0.4 is 0 Å². The maximum Gasteiger partial charge on any atom is 0.0830 e. The predicted octanol–water partition coefficient (Wildman–Crippen LogP) is 3.60. The molecule has 192 valence electrons. The molecule has 0 heterocycles. The molecular weight excluding hydrogens is 416 g/mol. The van der Waals surface area contributed by atoms with E-state index in [1.165, 1.54) is 0 Å². The molecule has 0 bridgehead atoms. The SMILES string of the molecule is CC(C)[C@H](C)[C@@H](O)[C@H](O)[C@@H](C)[C@H]1CC[C@@H]2[C@@H]3C[C@H](O)[C@H]4C[C@H](O)[C@H](O)C[C@]4(C)[C@@H]3CC[C@]12C. The maximum atomic E-state index is 11.2. The minimum atomic E-state index is -0.721. The van der Waals surface area contributed by atoms with Gasteiger partial charge in [0.25, 0.3) is 0 Å². The highest BCUT2D eigenvalue weighted by atomic mass is 16.3. The van der Waals surface area contributed by atoms with Gasteiger partial charge in [0, 0.05) is 0 Å². The Bertz CT molecular complexity index is 698. The second-order valence-electron chi connectivity index (χ2n) is 13.5. The first-order valence-electron chi connectivity index (χ1n) is 13.7. The Morgan fingerprint density at radius 1 is 0.697 bits per heavy atom. The number of aliphatic hydroxyl groups is 5. The van der Waals surface area contributed by atoms with Crippen LogP contribution in [0, 0.1) is 58.2 Å². The fraction of sp³-hybridized carbons (Fsp3) is 1.00. The molecule has 0 aromatic rings. The van der Waals surface area contributed by atoms with Crippen LogP contribution in [0.5, 0.6) is 0 Å². The van der Waals surface area contributed by atoms with Crippen molar-refractivity contribution >= 4 is 0 Å². The van der Waals surface area contributed by atoms with Gasteiger partial charge in [-0.2, -0.15) is 0 Å². The average Bonchev–Trinajstić information content (AvgIpc) is 3.10. The molecular formula is C28H50O5. The molecule has 33 heavy (non-hydrogen) atoms. The van der Waals surface area contributed by atoms with Crippen LogP contribution in [0.3, 0.4) is 0 Å². The lowest BCUT2D eigenvalue weighted by Gasteiger charge is -2.63. The molecule has 4 aliphatic carbocycles. The average molecular weight is 467 g/mol. The minimum absolute atomic E-state index is 0.0382. The van der Waals surface area contributed by atoms with Gasteiger partial charge < -0.3 is 25.5 Å². The number of hydrogen-bond donors (Lipinski definition) is 5. The number of fused-ring (bicyclic) bond motifs is 5. The summed E-state index contributed by atoms with van der Waals surface area (Å²) in [6.07, 6.45) is 3.01. The molecule has 0 aromatic heterocycles. The van der Waals surface area contributed by atoms with Crippen LogP contribution in [0.15, 0.2) is 0 Å². The lowest BCUT2D eigenvalue weighted by molar-refractivity contribution is -0.197. The van der Waals surface area contributed by atoms with Gasteiger partial charge in [-0.05, 0) is 103 Å². The van der Waals surface area contributed by atoms with Gasteiger partial charge in [0.05, 0.1) is 30.5 Å². The van der Waals surface area contributed by atoms with Crippen LogP contribution in [-0.2, 0) is 0 Å². The standard InChI is InChI=1S/C28H50O5/c1-14(2)15(3)25(32)26(33)16(4)18-7-8-19-17-11-22(29)21-12-23(30)24(31)13-28(21,6)20(17)9-10-27(18,19)5/h14-26,29-33H,7-13H2,1-6H3/t15-,16-,17-,18+,19+,20+,21+,22-,23-,24+,25+,26+,27+,28+/m0/s1. The molecule has 4 rings (SSSR count). The van der Waals surface area contributed by atoms with Crippen LogP contribution in [0.1, 0.15) is 86.5 Å². The number of hydrogen-bond acceptors (Lipinski definition) is 5. The highest BCUT2D eigenvalue weighted by molar-refractivity contribution is 5.12. The Balaban J connectivity index is 1.55. The first-order chi connectivity index (χ1) is 15.3. The fourth-order valence-corrected chi connectivity index (χ4v) is 9.48. The first kappa shape index (κ1) is 25.9. The van der Waals surface area contributed by atoms with Crippen molar-refractivity contribution in [2.45, 2.75) is 117 Å². The molecule has 0 unspecified atom stereocenters. The largest absolute Gasteiger partial charge is 0.393 e. The van der Waals surface area contributed by atoms with Gasteiger partial charge in [-0.15, -0.1) is 0 Å². The molecule has 4 aliphatic rings. The normalized spacial score (nSPS) is 51.3. The number of rotatable bonds is 5. The molecule has 0 amide bonds. The monoisotopic (exact) mass is 466 g/mol. The van der Waals surface area contributed by atoms with Crippen molar-refractivity contribution in [1.82, 2.24) is 0 Å². The molecule has 0 radical (unpaired) electrons. The van der Waals surface area contributed by atoms with Crippen molar-refractivity contribution in [2.24, 2.45) is 58.2 Å². The van der Waals surface area contributed by atoms with Crippen LogP contribution in [-0.4, -0.2) is 56.1 Å². The Kier molecular flexibility index (Phi) is 7.08. The Morgan fingerprint density at radius 3 is 1.97 bits per heavy atom. The summed E-state index contributed by atoms with van der Waals surface area (Å²) in [5.41, 5.74) is -0.0213. The van der Waals surface area contributed by atoms with Gasteiger partial charge in [0.2, 0.25) is 0 Å². The quantitative estimate of drug-likeness (QED) is 0.426. The van der Waals surface area contributed by atoms with Crippen LogP contribution in [0.2, 0.25) is 0 Å². The second kappa shape index (κ2) is 9.03. The van der Waals surface area contributed by atoms with E-state index in [1.807, 2.05) is 6.92 Å². The van der Waals surface area contributed by atoms with E-state index in [-0.39, 0.29) is 28.6 Å².